The van der Waals surface area contributed by atoms with Crippen molar-refractivity contribution in [3.8, 4) is 5.75 Å². The number of methoxy groups -OCH3 is 1. The first-order chi connectivity index (χ1) is 12.7. The average Bonchev–Trinajstić information content (AvgIpc) is 3.20. The molecule has 0 spiro atoms. The maximum atomic E-state index is 13.1. The molecule has 0 saturated carbocycles. The van der Waals surface area contributed by atoms with Crippen LogP contribution in [0.25, 0.3) is 0 Å². The van der Waals surface area contributed by atoms with Gasteiger partial charge in [-0.25, -0.2) is 9.19 Å². The van der Waals surface area contributed by atoms with E-state index in [1.54, 1.807) is 48.8 Å². The molecule has 2 heterocycles. The van der Waals surface area contributed by atoms with Crippen LogP contribution in [-0.4, -0.2) is 26.8 Å². The lowest BCUT2D eigenvalue weighted by molar-refractivity contribution is -0.118. The van der Waals surface area contributed by atoms with Crippen molar-refractivity contribution in [1.82, 2.24) is 9.55 Å². The molecule has 0 radical (unpaired) electrons. The Kier molecular flexibility index (Phi) is 4.30. The first kappa shape index (κ1) is 16.5. The number of nitrogens with zero attached hydrogens (tertiary/aromatic N) is 3. The highest BCUT2D eigenvalue weighted by Gasteiger charge is 2.32. The highest BCUT2D eigenvalue weighted by molar-refractivity contribution is 7.85. The van der Waals surface area contributed by atoms with E-state index in [2.05, 4.69) is 4.98 Å². The number of benzene rings is 2. The molecule has 26 heavy (non-hydrogen) atoms. The van der Waals surface area contributed by atoms with Gasteiger partial charge in [0.05, 0.1) is 45.4 Å². The molecule has 0 saturated heterocycles. The number of imidazole rings is 1. The Balaban J connectivity index is 1.76. The van der Waals surface area contributed by atoms with Gasteiger partial charge in [-0.3, -0.25) is 9.69 Å². The van der Waals surface area contributed by atoms with E-state index in [1.807, 2.05) is 29.0 Å². The van der Waals surface area contributed by atoms with Crippen molar-refractivity contribution in [1.29, 1.82) is 0 Å². The summed E-state index contributed by atoms with van der Waals surface area (Å²) in [4.78, 5) is 20.0. The van der Waals surface area contributed by atoms with Crippen molar-refractivity contribution in [2.24, 2.45) is 0 Å². The van der Waals surface area contributed by atoms with Gasteiger partial charge in [0, 0.05) is 31.4 Å². The third-order valence-corrected chi connectivity index (χ3v) is 5.79. The molecule has 1 unspecified atom stereocenters. The molecule has 132 valence electrons. The standard InChI is InChI=1S/C19H17N3O3S/c1-25-14-6-7-18-16(12-14)22(15-4-2-3-5-17(15)26(18)24)19(23)8-10-21-11-9-20-13-21/h2-7,9,11-13H,8,10H2,1H3. The number of rotatable bonds is 4. The normalized spacial score (nSPS) is 15.3. The van der Waals surface area contributed by atoms with Gasteiger partial charge in [0.15, 0.2) is 0 Å². The maximum Gasteiger partial charge on any atom is 0.233 e. The average molecular weight is 367 g/mol. The Morgan fingerprint density at radius 2 is 1.96 bits per heavy atom. The second-order valence-electron chi connectivity index (χ2n) is 5.85. The molecule has 1 aliphatic heterocycles. The molecular weight excluding hydrogens is 350 g/mol. The van der Waals surface area contributed by atoms with Crippen LogP contribution in [-0.2, 0) is 22.1 Å². The minimum absolute atomic E-state index is 0.0719. The van der Waals surface area contributed by atoms with Crippen LogP contribution in [0.1, 0.15) is 6.42 Å². The Hall–Kier alpha value is -2.93. The number of ether oxygens (including phenoxy) is 1. The number of carbonyl (C=O) groups is 1. The van der Waals surface area contributed by atoms with Gasteiger partial charge in [0.2, 0.25) is 5.91 Å². The van der Waals surface area contributed by atoms with E-state index in [1.165, 1.54) is 0 Å². The number of aromatic nitrogens is 2. The van der Waals surface area contributed by atoms with Gasteiger partial charge in [-0.15, -0.1) is 0 Å². The van der Waals surface area contributed by atoms with E-state index in [4.69, 9.17) is 4.74 Å². The van der Waals surface area contributed by atoms with Crippen LogP contribution in [0.3, 0.4) is 0 Å². The van der Waals surface area contributed by atoms with E-state index < -0.39 is 10.8 Å². The number of fused-ring (bicyclic) bond motifs is 2. The fourth-order valence-corrected chi connectivity index (χ4v) is 4.35. The van der Waals surface area contributed by atoms with Gasteiger partial charge in [0.1, 0.15) is 5.75 Å². The second kappa shape index (κ2) is 6.76. The highest BCUT2D eigenvalue weighted by Crippen LogP contribution is 2.43. The van der Waals surface area contributed by atoms with E-state index in [-0.39, 0.29) is 5.91 Å². The summed E-state index contributed by atoms with van der Waals surface area (Å²) in [5.74, 6) is 0.546. The zero-order valence-electron chi connectivity index (χ0n) is 14.2. The molecule has 7 heteroatoms. The largest absolute Gasteiger partial charge is 0.497 e. The summed E-state index contributed by atoms with van der Waals surface area (Å²) in [5.41, 5.74) is 1.26. The van der Waals surface area contributed by atoms with Crippen molar-refractivity contribution in [2.75, 3.05) is 12.0 Å². The minimum Gasteiger partial charge on any atom is -0.497 e. The van der Waals surface area contributed by atoms with Crippen LogP contribution >= 0.6 is 0 Å². The number of carbonyl (C=O) groups excluding carboxylic acids is 1. The fourth-order valence-electron chi connectivity index (χ4n) is 3.03. The van der Waals surface area contributed by atoms with Gasteiger partial charge in [-0.1, -0.05) is 12.1 Å². The van der Waals surface area contributed by atoms with Gasteiger partial charge < -0.3 is 9.30 Å². The Bertz CT molecular complexity index is 985. The summed E-state index contributed by atoms with van der Waals surface area (Å²) >= 11 is 0. The first-order valence-corrected chi connectivity index (χ1v) is 9.31. The van der Waals surface area contributed by atoms with Gasteiger partial charge in [-0.2, -0.15) is 0 Å². The number of hydrogen-bond acceptors (Lipinski definition) is 4. The Morgan fingerprint density at radius 1 is 1.15 bits per heavy atom. The quantitative estimate of drug-likeness (QED) is 0.711. The fraction of sp³-hybridized carbons (Fsp3) is 0.158. The van der Waals surface area contributed by atoms with E-state index >= 15 is 0 Å². The third kappa shape index (κ3) is 2.80. The van der Waals surface area contributed by atoms with Crippen LogP contribution in [0.15, 0.2) is 71.0 Å². The van der Waals surface area contributed by atoms with Crippen molar-refractivity contribution < 1.29 is 13.7 Å². The Labute approximate surface area is 153 Å². The lowest BCUT2D eigenvalue weighted by Crippen LogP contribution is -2.31. The molecule has 4 rings (SSSR count). The minimum atomic E-state index is -1.34. The molecule has 0 fully saturated rings. The number of hydrogen-bond donors (Lipinski definition) is 0. The second-order valence-corrected chi connectivity index (χ2v) is 7.27. The van der Waals surface area contributed by atoms with Gasteiger partial charge in [-0.05, 0) is 24.3 Å². The molecule has 1 amide bonds. The number of aryl methyl sites for hydroxylation is 1. The van der Waals surface area contributed by atoms with Crippen LogP contribution in [0, 0.1) is 0 Å². The molecule has 1 aliphatic rings. The molecule has 0 bridgehead atoms. The first-order valence-electron chi connectivity index (χ1n) is 8.16. The third-order valence-electron chi connectivity index (χ3n) is 4.31. The maximum absolute atomic E-state index is 13.1. The summed E-state index contributed by atoms with van der Waals surface area (Å²) in [6.07, 6.45) is 5.49. The van der Waals surface area contributed by atoms with Crippen LogP contribution in [0.2, 0.25) is 0 Å². The monoisotopic (exact) mass is 367 g/mol. The SMILES string of the molecule is COc1ccc2c(c1)N(C(=O)CCn1ccnc1)c1ccccc1S2=O. The molecule has 1 atom stereocenters. The topological polar surface area (TPSA) is 64.4 Å². The van der Waals surface area contributed by atoms with E-state index in [9.17, 15) is 9.00 Å². The van der Waals surface area contributed by atoms with E-state index in [0.717, 1.165) is 0 Å². The summed E-state index contributed by atoms with van der Waals surface area (Å²) in [6.45, 7) is 0.528. The van der Waals surface area contributed by atoms with Crippen molar-refractivity contribution >= 4 is 28.1 Å². The molecule has 0 N–H and O–H groups in total. The zero-order chi connectivity index (χ0) is 18.1. The molecule has 3 aromatic rings. The summed E-state index contributed by atoms with van der Waals surface area (Å²) < 4.78 is 20.1. The molecule has 0 aliphatic carbocycles. The van der Waals surface area contributed by atoms with Crippen molar-refractivity contribution in [2.45, 2.75) is 22.8 Å². The van der Waals surface area contributed by atoms with E-state index in [0.29, 0.717) is 39.9 Å². The van der Waals surface area contributed by atoms with Crippen LogP contribution in [0.5, 0.6) is 5.75 Å². The number of anilines is 2. The summed E-state index contributed by atoms with van der Waals surface area (Å²) in [5, 5.41) is 0. The van der Waals surface area contributed by atoms with Crippen molar-refractivity contribution in [3.63, 3.8) is 0 Å². The zero-order valence-corrected chi connectivity index (χ0v) is 15.0. The predicted molar refractivity (Wildman–Crippen MR) is 98.1 cm³/mol. The number of amides is 1. The highest BCUT2D eigenvalue weighted by atomic mass is 32.2. The summed E-state index contributed by atoms with van der Waals surface area (Å²) in [7, 11) is 0.234. The van der Waals surface area contributed by atoms with Gasteiger partial charge in [0.25, 0.3) is 0 Å². The van der Waals surface area contributed by atoms with Crippen LogP contribution < -0.4 is 9.64 Å². The van der Waals surface area contributed by atoms with Gasteiger partial charge >= 0.3 is 0 Å². The van der Waals surface area contributed by atoms with Crippen molar-refractivity contribution in [3.05, 3.63) is 61.2 Å². The lowest BCUT2D eigenvalue weighted by Gasteiger charge is -2.31. The molecular formula is C19H17N3O3S. The lowest BCUT2D eigenvalue weighted by atomic mass is 10.2. The smallest absolute Gasteiger partial charge is 0.233 e. The van der Waals surface area contributed by atoms with Crippen LogP contribution in [0.4, 0.5) is 11.4 Å². The molecule has 2 aromatic carbocycles. The number of para-hydroxylation sites is 1. The summed E-state index contributed by atoms with van der Waals surface area (Å²) in [6, 6.07) is 12.6. The predicted octanol–water partition coefficient (Wildman–Crippen LogP) is 3.13. The Morgan fingerprint density at radius 3 is 2.73 bits per heavy atom. The molecule has 1 aromatic heterocycles. The molecule has 6 nitrogen and oxygen atoms in total.